The summed E-state index contributed by atoms with van der Waals surface area (Å²) in [5.41, 5.74) is 6.78. The molecule has 0 aliphatic heterocycles. The molecule has 0 amide bonds. The van der Waals surface area contributed by atoms with Crippen molar-refractivity contribution in [2.45, 2.75) is 39.3 Å². The smallest absolute Gasteiger partial charge is 0.149 e. The summed E-state index contributed by atoms with van der Waals surface area (Å²) in [5.74, 6) is 7.15. The molecule has 2 aromatic rings. The number of hydrogen-bond acceptors (Lipinski definition) is 4. The van der Waals surface area contributed by atoms with Crippen molar-refractivity contribution in [1.29, 1.82) is 0 Å². The maximum Gasteiger partial charge on any atom is 0.149 e. The van der Waals surface area contributed by atoms with Crippen molar-refractivity contribution in [2.75, 3.05) is 6.61 Å². The third-order valence-electron chi connectivity index (χ3n) is 3.94. The van der Waals surface area contributed by atoms with Gasteiger partial charge in [0.15, 0.2) is 0 Å². The van der Waals surface area contributed by atoms with Gasteiger partial charge in [-0.25, -0.2) is 0 Å². The lowest BCUT2D eigenvalue weighted by Gasteiger charge is -2.12. The molecule has 0 saturated heterocycles. The molecule has 24 heavy (non-hydrogen) atoms. The Morgan fingerprint density at radius 2 is 1.96 bits per heavy atom. The van der Waals surface area contributed by atoms with Gasteiger partial charge in [-0.3, -0.25) is 0 Å². The van der Waals surface area contributed by atoms with Crippen LogP contribution in [0.1, 0.15) is 35.6 Å². The predicted molar refractivity (Wildman–Crippen MR) is 100 cm³/mol. The van der Waals surface area contributed by atoms with Crippen LogP contribution >= 0.6 is 11.3 Å². The molecule has 1 unspecified atom stereocenters. The van der Waals surface area contributed by atoms with Crippen LogP contribution in [-0.2, 0) is 12.8 Å². The second-order valence-corrected chi connectivity index (χ2v) is 7.03. The molecule has 1 aromatic carbocycles. The number of thiophene rings is 1. The van der Waals surface area contributed by atoms with E-state index in [1.165, 1.54) is 10.4 Å². The van der Waals surface area contributed by atoms with Crippen molar-refractivity contribution in [3.05, 3.63) is 51.7 Å². The fourth-order valence-electron chi connectivity index (χ4n) is 2.18. The van der Waals surface area contributed by atoms with Crippen molar-refractivity contribution in [3.63, 3.8) is 0 Å². The molecule has 0 fully saturated rings. The molecule has 0 bridgehead atoms. The quantitative estimate of drug-likeness (QED) is 0.597. The molecule has 3 nitrogen and oxygen atoms in total. The van der Waals surface area contributed by atoms with Gasteiger partial charge < -0.3 is 15.6 Å². The minimum atomic E-state index is -0.743. The van der Waals surface area contributed by atoms with Crippen molar-refractivity contribution in [2.24, 2.45) is 11.7 Å². The Bertz CT molecular complexity index is 680. The van der Waals surface area contributed by atoms with Crippen LogP contribution in [0.3, 0.4) is 0 Å². The van der Waals surface area contributed by atoms with E-state index in [4.69, 9.17) is 10.5 Å². The molecular formula is C20H25NO2S. The van der Waals surface area contributed by atoms with Crippen LogP contribution in [0, 0.1) is 17.8 Å². The Hall–Kier alpha value is -1.80. The Labute approximate surface area is 148 Å². The summed E-state index contributed by atoms with van der Waals surface area (Å²) >= 11 is 1.69. The van der Waals surface area contributed by atoms with Crippen LogP contribution in [0.4, 0.5) is 0 Å². The maximum atomic E-state index is 9.32. The summed E-state index contributed by atoms with van der Waals surface area (Å²) in [6.07, 6.45) is 2.08. The molecule has 0 aliphatic rings. The van der Waals surface area contributed by atoms with Gasteiger partial charge in [-0.2, -0.15) is 0 Å². The lowest BCUT2D eigenvalue weighted by atomic mass is 10.0. The zero-order chi connectivity index (χ0) is 17.4. The van der Waals surface area contributed by atoms with Gasteiger partial charge in [-0.05, 0) is 55.0 Å². The van der Waals surface area contributed by atoms with Crippen LogP contribution in [0.15, 0.2) is 36.4 Å². The van der Waals surface area contributed by atoms with Crippen LogP contribution in [0.25, 0.3) is 0 Å². The fraction of sp³-hybridized carbons (Fsp3) is 0.400. The molecule has 0 radical (unpaired) electrons. The highest BCUT2D eigenvalue weighted by Gasteiger charge is 2.09. The maximum absolute atomic E-state index is 9.32. The zero-order valence-electron chi connectivity index (χ0n) is 14.3. The van der Waals surface area contributed by atoms with Crippen LogP contribution < -0.4 is 10.5 Å². The van der Waals surface area contributed by atoms with Crippen molar-refractivity contribution in [1.82, 2.24) is 0 Å². The molecule has 1 aromatic heterocycles. The summed E-state index contributed by atoms with van der Waals surface area (Å²) in [7, 11) is 0. The lowest BCUT2D eigenvalue weighted by Crippen LogP contribution is -2.27. The van der Waals surface area contributed by atoms with Crippen LogP contribution in [-0.4, -0.2) is 17.9 Å². The summed E-state index contributed by atoms with van der Waals surface area (Å²) in [5, 5.41) is 9.32. The third kappa shape index (κ3) is 6.01. The topological polar surface area (TPSA) is 55.5 Å². The lowest BCUT2D eigenvalue weighted by molar-refractivity contribution is 0.119. The van der Waals surface area contributed by atoms with Gasteiger partial charge >= 0.3 is 0 Å². The van der Waals surface area contributed by atoms with E-state index in [-0.39, 0.29) is 5.92 Å². The molecule has 2 rings (SSSR count). The van der Waals surface area contributed by atoms with E-state index < -0.39 is 6.23 Å². The highest BCUT2D eigenvalue weighted by Crippen LogP contribution is 2.19. The number of nitrogens with two attached hydrogens (primary N) is 1. The Morgan fingerprint density at radius 3 is 2.62 bits per heavy atom. The molecule has 128 valence electrons. The van der Waals surface area contributed by atoms with Gasteiger partial charge in [0.05, 0.1) is 4.88 Å². The summed E-state index contributed by atoms with van der Waals surface area (Å²) in [4.78, 5) is 2.30. The minimum absolute atomic E-state index is 0.106. The Balaban J connectivity index is 1.79. The van der Waals surface area contributed by atoms with E-state index in [2.05, 4.69) is 37.0 Å². The van der Waals surface area contributed by atoms with Crippen molar-refractivity contribution >= 4 is 11.3 Å². The van der Waals surface area contributed by atoms with E-state index in [0.29, 0.717) is 6.61 Å². The van der Waals surface area contributed by atoms with Gasteiger partial charge in [0, 0.05) is 4.88 Å². The van der Waals surface area contributed by atoms with E-state index in [1.807, 2.05) is 25.1 Å². The minimum Gasteiger partial charge on any atom is -0.481 e. The highest BCUT2D eigenvalue weighted by molar-refractivity contribution is 7.12. The van der Waals surface area contributed by atoms with Gasteiger partial charge in [0.2, 0.25) is 0 Å². The zero-order valence-corrected chi connectivity index (χ0v) is 15.1. The normalized spacial score (nSPS) is 13.0. The van der Waals surface area contributed by atoms with Gasteiger partial charge in [0.1, 0.15) is 18.6 Å². The number of benzene rings is 1. The van der Waals surface area contributed by atoms with Crippen molar-refractivity contribution < 1.29 is 9.84 Å². The molecular weight excluding hydrogens is 318 g/mol. The molecule has 2 atom stereocenters. The van der Waals surface area contributed by atoms with Gasteiger partial charge in [-0.1, -0.05) is 37.8 Å². The van der Waals surface area contributed by atoms with E-state index in [9.17, 15) is 5.11 Å². The fourth-order valence-corrected chi connectivity index (χ4v) is 3.08. The highest BCUT2D eigenvalue weighted by atomic mass is 32.1. The van der Waals surface area contributed by atoms with Crippen molar-refractivity contribution in [3.8, 4) is 17.6 Å². The van der Waals surface area contributed by atoms with E-state index >= 15 is 0 Å². The SMILES string of the molecule is CCc1ccc(OCC#Cc2ccc(CC[C@@H](C)C(N)O)s2)cc1. The number of aryl methyl sites for hydroxylation is 2. The Kier molecular flexibility index (Phi) is 7.33. The summed E-state index contributed by atoms with van der Waals surface area (Å²) in [6, 6.07) is 12.2. The standard InChI is InChI=1S/C20H25NO2S/c1-3-16-7-9-17(10-8-16)23-14-4-5-18-12-13-19(24-18)11-6-15(2)20(21)22/h7-10,12-13,15,20,22H,3,6,11,14,21H2,1-2H3/t15-,20?/m1/s1. The first-order valence-electron chi connectivity index (χ1n) is 8.31. The third-order valence-corrected chi connectivity index (χ3v) is 5.01. The first-order chi connectivity index (χ1) is 11.6. The monoisotopic (exact) mass is 343 g/mol. The first-order valence-corrected chi connectivity index (χ1v) is 9.13. The second-order valence-electron chi connectivity index (χ2n) is 5.86. The first kappa shape index (κ1) is 18.5. The molecule has 0 aliphatic carbocycles. The second kappa shape index (κ2) is 9.48. The van der Waals surface area contributed by atoms with Crippen LogP contribution in [0.2, 0.25) is 0 Å². The Morgan fingerprint density at radius 1 is 1.21 bits per heavy atom. The van der Waals surface area contributed by atoms with Crippen LogP contribution in [0.5, 0.6) is 5.75 Å². The number of rotatable bonds is 7. The summed E-state index contributed by atoms with van der Waals surface area (Å²) < 4.78 is 5.63. The number of ether oxygens (including phenoxy) is 1. The number of aliphatic hydroxyl groups excluding tert-OH is 1. The average molecular weight is 343 g/mol. The number of hydrogen-bond donors (Lipinski definition) is 2. The van der Waals surface area contributed by atoms with Gasteiger partial charge in [-0.15, -0.1) is 11.3 Å². The van der Waals surface area contributed by atoms with Gasteiger partial charge in [0.25, 0.3) is 0 Å². The van der Waals surface area contributed by atoms with E-state index in [1.54, 1.807) is 11.3 Å². The molecule has 0 saturated carbocycles. The number of aliphatic hydroxyl groups is 1. The van der Waals surface area contributed by atoms with E-state index in [0.717, 1.165) is 29.9 Å². The average Bonchev–Trinajstić information content (AvgIpc) is 3.05. The molecule has 0 spiro atoms. The molecule has 1 heterocycles. The summed E-state index contributed by atoms with van der Waals surface area (Å²) in [6.45, 7) is 4.48. The molecule has 4 heteroatoms. The molecule has 3 N–H and O–H groups in total. The largest absolute Gasteiger partial charge is 0.481 e. The predicted octanol–water partition coefficient (Wildman–Crippen LogP) is 3.59.